The number of fused-ring (bicyclic) bond motifs is 1. The van der Waals surface area contributed by atoms with E-state index in [9.17, 15) is 4.79 Å². The van der Waals surface area contributed by atoms with Gasteiger partial charge < -0.3 is 14.6 Å². The second-order valence-corrected chi connectivity index (χ2v) is 4.38. The minimum absolute atomic E-state index is 0.0905. The zero-order valence-electron chi connectivity index (χ0n) is 10.7. The lowest BCUT2D eigenvalue weighted by Crippen LogP contribution is -2.24. The Bertz CT molecular complexity index is 754. The summed E-state index contributed by atoms with van der Waals surface area (Å²) in [5, 5.41) is 25.3. The Morgan fingerprint density at radius 3 is 3.10 bits per heavy atom. The molecule has 2 heterocycles. The van der Waals surface area contributed by atoms with Gasteiger partial charge in [0, 0.05) is 12.5 Å². The SMILES string of the molecule is N#Cc1ccnnc1Oc1ccc2c(c1)OC(C(=O)O)C2. The Balaban J connectivity index is 1.85. The topological polar surface area (TPSA) is 105 Å². The molecule has 0 amide bonds. The summed E-state index contributed by atoms with van der Waals surface area (Å²) in [6.07, 6.45) is 0.843. The van der Waals surface area contributed by atoms with Crippen LogP contribution in [0.5, 0.6) is 17.4 Å². The Morgan fingerprint density at radius 1 is 1.48 bits per heavy atom. The number of rotatable bonds is 3. The molecule has 7 heteroatoms. The third kappa shape index (κ3) is 2.47. The molecule has 1 N–H and O–H groups in total. The predicted octanol–water partition coefficient (Wildman–Crippen LogP) is 1.53. The van der Waals surface area contributed by atoms with Crippen molar-refractivity contribution in [3.63, 3.8) is 0 Å². The van der Waals surface area contributed by atoms with Crippen molar-refractivity contribution in [1.82, 2.24) is 10.2 Å². The highest BCUT2D eigenvalue weighted by molar-refractivity contribution is 5.74. The van der Waals surface area contributed by atoms with Gasteiger partial charge in [0.25, 0.3) is 5.88 Å². The molecule has 1 aromatic carbocycles. The summed E-state index contributed by atoms with van der Waals surface area (Å²) in [6, 6.07) is 8.42. The molecule has 0 saturated heterocycles. The predicted molar refractivity (Wildman–Crippen MR) is 69.0 cm³/mol. The third-order valence-electron chi connectivity index (χ3n) is 3.01. The van der Waals surface area contributed by atoms with Crippen LogP contribution < -0.4 is 9.47 Å². The number of hydrogen-bond donors (Lipinski definition) is 1. The number of aromatic nitrogens is 2. The van der Waals surface area contributed by atoms with Crippen LogP contribution in [0.4, 0.5) is 0 Å². The molecule has 0 bridgehead atoms. The maximum absolute atomic E-state index is 10.9. The Labute approximate surface area is 119 Å². The van der Waals surface area contributed by atoms with Crippen molar-refractivity contribution < 1.29 is 19.4 Å². The fourth-order valence-corrected chi connectivity index (χ4v) is 2.00. The van der Waals surface area contributed by atoms with Crippen LogP contribution in [-0.4, -0.2) is 27.4 Å². The van der Waals surface area contributed by atoms with E-state index in [4.69, 9.17) is 19.8 Å². The van der Waals surface area contributed by atoms with Gasteiger partial charge in [-0.3, -0.25) is 0 Å². The largest absolute Gasteiger partial charge is 0.478 e. The average Bonchev–Trinajstić information content (AvgIpc) is 2.91. The second-order valence-electron chi connectivity index (χ2n) is 4.38. The van der Waals surface area contributed by atoms with Crippen molar-refractivity contribution in [1.29, 1.82) is 5.26 Å². The summed E-state index contributed by atoms with van der Waals surface area (Å²) in [5.41, 5.74) is 1.06. The van der Waals surface area contributed by atoms with Crippen molar-refractivity contribution in [3.05, 3.63) is 41.6 Å². The van der Waals surface area contributed by atoms with Crippen molar-refractivity contribution in [2.75, 3.05) is 0 Å². The van der Waals surface area contributed by atoms with Crippen LogP contribution in [0.25, 0.3) is 0 Å². The van der Waals surface area contributed by atoms with Gasteiger partial charge in [-0.05, 0) is 17.7 Å². The zero-order valence-corrected chi connectivity index (χ0v) is 10.7. The lowest BCUT2D eigenvalue weighted by atomic mass is 10.1. The molecule has 1 aromatic heterocycles. The van der Waals surface area contributed by atoms with Gasteiger partial charge in [-0.2, -0.15) is 10.4 Å². The first-order valence-electron chi connectivity index (χ1n) is 6.09. The molecule has 0 aliphatic carbocycles. The summed E-state index contributed by atoms with van der Waals surface area (Å²) in [6.45, 7) is 0. The highest BCUT2D eigenvalue weighted by atomic mass is 16.5. The van der Waals surface area contributed by atoms with E-state index in [-0.39, 0.29) is 11.4 Å². The standard InChI is InChI=1S/C14H9N3O4/c15-7-9-3-4-16-17-13(9)20-10-2-1-8-5-12(14(18)19)21-11(8)6-10/h1-4,6,12H,5H2,(H,18,19). The molecule has 2 aromatic rings. The van der Waals surface area contributed by atoms with E-state index in [2.05, 4.69) is 10.2 Å². The molecule has 1 aliphatic heterocycles. The van der Waals surface area contributed by atoms with Gasteiger partial charge in [-0.15, -0.1) is 5.10 Å². The fraction of sp³-hybridized carbons (Fsp3) is 0.143. The first kappa shape index (κ1) is 12.9. The molecule has 0 fully saturated rings. The zero-order chi connectivity index (χ0) is 14.8. The minimum atomic E-state index is -1.01. The van der Waals surface area contributed by atoms with Crippen LogP contribution in [0.3, 0.4) is 0 Å². The molecule has 104 valence electrons. The maximum atomic E-state index is 10.9. The van der Waals surface area contributed by atoms with E-state index < -0.39 is 12.1 Å². The van der Waals surface area contributed by atoms with Crippen molar-refractivity contribution in [2.24, 2.45) is 0 Å². The van der Waals surface area contributed by atoms with Gasteiger partial charge >= 0.3 is 5.97 Å². The molecule has 7 nitrogen and oxygen atoms in total. The Morgan fingerprint density at radius 2 is 2.33 bits per heavy atom. The summed E-state index contributed by atoms with van der Waals surface area (Å²) >= 11 is 0. The Hall–Kier alpha value is -3.14. The number of hydrogen-bond acceptors (Lipinski definition) is 6. The van der Waals surface area contributed by atoms with Gasteiger partial charge in [0.15, 0.2) is 6.10 Å². The van der Waals surface area contributed by atoms with Gasteiger partial charge in [0.1, 0.15) is 23.1 Å². The highest BCUT2D eigenvalue weighted by Gasteiger charge is 2.29. The number of ether oxygens (including phenoxy) is 2. The van der Waals surface area contributed by atoms with E-state index in [1.807, 2.05) is 6.07 Å². The number of nitriles is 1. The van der Waals surface area contributed by atoms with Crippen LogP contribution >= 0.6 is 0 Å². The van der Waals surface area contributed by atoms with Crippen LogP contribution in [0.2, 0.25) is 0 Å². The molecular formula is C14H9N3O4. The summed E-state index contributed by atoms with van der Waals surface area (Å²) in [4.78, 5) is 10.9. The third-order valence-corrected chi connectivity index (χ3v) is 3.01. The molecule has 1 unspecified atom stereocenters. The van der Waals surface area contributed by atoms with Gasteiger partial charge in [0.2, 0.25) is 0 Å². The molecule has 0 radical (unpaired) electrons. The van der Waals surface area contributed by atoms with E-state index in [0.717, 1.165) is 5.56 Å². The molecule has 1 aliphatic rings. The summed E-state index contributed by atoms with van der Waals surface area (Å²) in [7, 11) is 0. The first-order valence-corrected chi connectivity index (χ1v) is 6.09. The van der Waals surface area contributed by atoms with Crippen molar-refractivity contribution >= 4 is 5.97 Å². The van der Waals surface area contributed by atoms with Crippen LogP contribution in [0, 0.1) is 11.3 Å². The lowest BCUT2D eigenvalue weighted by molar-refractivity contribution is -0.144. The maximum Gasteiger partial charge on any atom is 0.345 e. The number of nitrogens with zero attached hydrogens (tertiary/aromatic N) is 3. The quantitative estimate of drug-likeness (QED) is 0.910. The van der Waals surface area contributed by atoms with E-state index >= 15 is 0 Å². The summed E-state index contributed by atoms with van der Waals surface area (Å²) in [5.74, 6) is -0.0545. The van der Waals surface area contributed by atoms with Gasteiger partial charge in [-0.25, -0.2) is 4.79 Å². The minimum Gasteiger partial charge on any atom is -0.478 e. The Kier molecular flexibility index (Phi) is 3.12. The monoisotopic (exact) mass is 283 g/mol. The first-order chi connectivity index (χ1) is 10.2. The molecule has 3 rings (SSSR count). The smallest absolute Gasteiger partial charge is 0.345 e. The van der Waals surface area contributed by atoms with Crippen LogP contribution in [-0.2, 0) is 11.2 Å². The van der Waals surface area contributed by atoms with Crippen molar-refractivity contribution in [2.45, 2.75) is 12.5 Å². The van der Waals surface area contributed by atoms with Gasteiger partial charge in [0.05, 0.1) is 6.20 Å². The average molecular weight is 283 g/mol. The number of aliphatic carboxylic acids is 1. The number of benzene rings is 1. The number of carbonyl (C=O) groups is 1. The van der Waals surface area contributed by atoms with Crippen LogP contribution in [0.15, 0.2) is 30.5 Å². The fourth-order valence-electron chi connectivity index (χ4n) is 2.00. The lowest BCUT2D eigenvalue weighted by Gasteiger charge is -2.07. The molecular weight excluding hydrogens is 274 g/mol. The normalized spacial score (nSPS) is 15.7. The number of carboxylic acids is 1. The van der Waals surface area contributed by atoms with E-state index in [1.165, 1.54) is 12.3 Å². The second kappa shape index (κ2) is 5.09. The van der Waals surface area contributed by atoms with E-state index in [0.29, 0.717) is 17.9 Å². The van der Waals surface area contributed by atoms with Gasteiger partial charge in [-0.1, -0.05) is 6.07 Å². The van der Waals surface area contributed by atoms with Crippen molar-refractivity contribution in [3.8, 4) is 23.4 Å². The highest BCUT2D eigenvalue weighted by Crippen LogP contribution is 2.34. The molecule has 21 heavy (non-hydrogen) atoms. The van der Waals surface area contributed by atoms with Crippen LogP contribution in [0.1, 0.15) is 11.1 Å². The van der Waals surface area contributed by atoms with E-state index in [1.54, 1.807) is 18.2 Å². The molecule has 1 atom stereocenters. The number of carboxylic acid groups (broad SMARTS) is 1. The molecule has 0 saturated carbocycles. The molecule has 0 spiro atoms. The summed E-state index contributed by atoms with van der Waals surface area (Å²) < 4.78 is 10.8.